The van der Waals surface area contributed by atoms with Crippen LogP contribution in [-0.4, -0.2) is 68.6 Å². The number of carbonyl (C=O) groups is 3. The van der Waals surface area contributed by atoms with Crippen LogP contribution in [-0.2, 0) is 14.4 Å². The zero-order chi connectivity index (χ0) is 23.2. The molecule has 2 bridgehead atoms. The van der Waals surface area contributed by atoms with Gasteiger partial charge in [-0.2, -0.15) is 0 Å². The van der Waals surface area contributed by atoms with Gasteiger partial charge in [0, 0.05) is 24.9 Å². The molecule has 2 unspecified atom stereocenters. The number of hydrogen-bond donors (Lipinski definition) is 2. The number of carboxylic acids is 1. The van der Waals surface area contributed by atoms with Crippen LogP contribution in [0.1, 0.15) is 24.8 Å². The Hall–Kier alpha value is -2.03. The number of para-hydroxylation sites is 1. The predicted molar refractivity (Wildman–Crippen MR) is 124 cm³/mol. The fourth-order valence-corrected chi connectivity index (χ4v) is 8.26. The molecule has 5 atom stereocenters. The summed E-state index contributed by atoms with van der Waals surface area (Å²) in [5, 5.41) is 19.5. The first kappa shape index (κ1) is 23.1. The third-order valence-electron chi connectivity index (χ3n) is 6.91. The highest BCUT2D eigenvalue weighted by molar-refractivity contribution is 8.02. The van der Waals surface area contributed by atoms with Crippen molar-refractivity contribution in [2.75, 3.05) is 24.6 Å². The van der Waals surface area contributed by atoms with Gasteiger partial charge in [0.15, 0.2) is 0 Å². The Labute approximate surface area is 196 Å². The molecule has 3 aliphatic heterocycles. The highest BCUT2D eigenvalue weighted by Gasteiger charge is 2.74. The van der Waals surface area contributed by atoms with Gasteiger partial charge in [-0.25, -0.2) is 0 Å². The van der Waals surface area contributed by atoms with Crippen molar-refractivity contribution in [3.63, 3.8) is 0 Å². The van der Waals surface area contributed by atoms with Crippen molar-refractivity contribution in [2.24, 2.45) is 11.8 Å². The number of carbonyl (C=O) groups excluding carboxylic acids is 2. The molecule has 3 saturated heterocycles. The summed E-state index contributed by atoms with van der Waals surface area (Å²) in [6, 6.07) is 4.58. The van der Waals surface area contributed by atoms with E-state index >= 15 is 0 Å². The van der Waals surface area contributed by atoms with Crippen molar-refractivity contribution < 1.29 is 24.6 Å². The number of aliphatic hydroxyl groups excluding tert-OH is 1. The molecule has 0 aromatic heterocycles. The number of benzene rings is 1. The maximum Gasteiger partial charge on any atom is 0.308 e. The zero-order valence-electron chi connectivity index (χ0n) is 17.9. The van der Waals surface area contributed by atoms with Crippen LogP contribution in [0.2, 0.25) is 5.02 Å². The monoisotopic (exact) mass is 478 g/mol. The van der Waals surface area contributed by atoms with E-state index in [2.05, 4.69) is 6.58 Å². The first-order valence-corrected chi connectivity index (χ1v) is 12.0. The van der Waals surface area contributed by atoms with E-state index in [1.54, 1.807) is 17.0 Å². The molecule has 3 aliphatic rings. The summed E-state index contributed by atoms with van der Waals surface area (Å²) in [7, 11) is 0. The number of rotatable bonds is 8. The van der Waals surface area contributed by atoms with Crippen LogP contribution in [0, 0.1) is 18.8 Å². The quantitative estimate of drug-likeness (QED) is 0.557. The number of carboxylic acid groups (broad SMARTS) is 1. The van der Waals surface area contributed by atoms with E-state index < -0.39 is 28.6 Å². The smallest absolute Gasteiger partial charge is 0.308 e. The molecule has 32 heavy (non-hydrogen) atoms. The summed E-state index contributed by atoms with van der Waals surface area (Å²) >= 11 is 7.98. The first-order chi connectivity index (χ1) is 15.3. The molecule has 1 spiro atoms. The molecular weight excluding hydrogens is 452 g/mol. The number of aryl methyl sites for hydroxylation is 1. The molecule has 7 nitrogen and oxygen atoms in total. The van der Waals surface area contributed by atoms with Crippen LogP contribution in [0.3, 0.4) is 0 Å². The van der Waals surface area contributed by atoms with E-state index in [-0.39, 0.29) is 36.8 Å². The van der Waals surface area contributed by atoms with Gasteiger partial charge in [0.05, 0.1) is 27.3 Å². The van der Waals surface area contributed by atoms with Gasteiger partial charge >= 0.3 is 5.97 Å². The second-order valence-electron chi connectivity index (χ2n) is 8.65. The average molecular weight is 479 g/mol. The Bertz CT molecular complexity index is 951. The van der Waals surface area contributed by atoms with Crippen molar-refractivity contribution in [1.82, 2.24) is 4.90 Å². The number of amides is 2. The highest BCUT2D eigenvalue weighted by Crippen LogP contribution is 2.66. The lowest BCUT2D eigenvalue weighted by Crippen LogP contribution is -2.55. The number of thioether (sulfide) groups is 1. The van der Waals surface area contributed by atoms with Gasteiger partial charge in [0.1, 0.15) is 6.04 Å². The Balaban J connectivity index is 1.81. The molecule has 9 heteroatoms. The molecule has 2 N–H and O–H groups in total. The highest BCUT2D eigenvalue weighted by atomic mass is 35.5. The molecule has 3 fully saturated rings. The van der Waals surface area contributed by atoms with Crippen LogP contribution in [0.5, 0.6) is 0 Å². The molecule has 2 amide bonds. The molecule has 172 valence electrons. The van der Waals surface area contributed by atoms with E-state index in [1.165, 1.54) is 16.7 Å². The lowest BCUT2D eigenvalue weighted by Gasteiger charge is -2.37. The average Bonchev–Trinajstić information content (AvgIpc) is 3.38. The minimum absolute atomic E-state index is 0.125. The summed E-state index contributed by atoms with van der Waals surface area (Å²) in [6.45, 7) is 5.94. The summed E-state index contributed by atoms with van der Waals surface area (Å²) in [5.41, 5.74) is 1.39. The first-order valence-electron chi connectivity index (χ1n) is 10.8. The summed E-state index contributed by atoms with van der Waals surface area (Å²) in [4.78, 5) is 42.8. The second kappa shape index (κ2) is 8.72. The fraction of sp³-hybridized carbons (Fsp3) is 0.522. The number of nitrogens with zero attached hydrogens (tertiary/aromatic N) is 2. The van der Waals surface area contributed by atoms with Crippen molar-refractivity contribution in [1.29, 1.82) is 0 Å². The maximum atomic E-state index is 14.2. The van der Waals surface area contributed by atoms with Crippen molar-refractivity contribution in [2.45, 2.75) is 42.2 Å². The number of anilines is 1. The van der Waals surface area contributed by atoms with Gasteiger partial charge in [-0.3, -0.25) is 14.4 Å². The standard InChI is InChI=1S/C23H27ClN2O5S/c1-3-10-25(18-13(2)6-4-7-14(18)24)21(29)19-23-9-8-15(32-23)16(22(30)31)17(23)20(28)26(19)11-5-12-27/h3-4,6-7,15-17,19,27H,1,5,8-12H2,2H3,(H,30,31)/t15-,16+,17+,19?,23?/m1/s1. The Kier molecular flexibility index (Phi) is 6.31. The van der Waals surface area contributed by atoms with E-state index in [4.69, 9.17) is 11.6 Å². The number of likely N-dealkylation sites (tertiary alicyclic amines) is 1. The zero-order valence-corrected chi connectivity index (χ0v) is 19.4. The van der Waals surface area contributed by atoms with Crippen molar-refractivity contribution in [3.8, 4) is 0 Å². The minimum atomic E-state index is -0.984. The molecule has 1 aromatic rings. The molecule has 0 aliphatic carbocycles. The van der Waals surface area contributed by atoms with E-state index in [0.29, 0.717) is 30.0 Å². The molecule has 0 radical (unpaired) electrons. The normalized spacial score (nSPS) is 30.5. The Morgan fingerprint density at radius 1 is 1.44 bits per heavy atom. The third-order valence-corrected chi connectivity index (χ3v) is 9.17. The second-order valence-corrected chi connectivity index (χ2v) is 10.7. The van der Waals surface area contributed by atoms with Crippen molar-refractivity contribution >= 4 is 46.8 Å². The number of aliphatic hydroxyl groups is 1. The van der Waals surface area contributed by atoms with Crippen LogP contribution in [0.15, 0.2) is 30.9 Å². The van der Waals surface area contributed by atoms with Crippen LogP contribution >= 0.6 is 23.4 Å². The molecule has 1 aromatic carbocycles. The Morgan fingerprint density at radius 3 is 2.81 bits per heavy atom. The summed E-state index contributed by atoms with van der Waals surface area (Å²) in [5.74, 6) is -3.11. The van der Waals surface area contributed by atoms with Crippen LogP contribution in [0.4, 0.5) is 5.69 Å². The largest absolute Gasteiger partial charge is 0.481 e. The lowest BCUT2D eigenvalue weighted by molar-refractivity contribution is -0.148. The van der Waals surface area contributed by atoms with Gasteiger partial charge in [-0.15, -0.1) is 18.3 Å². The summed E-state index contributed by atoms with van der Waals surface area (Å²) < 4.78 is -0.786. The van der Waals surface area contributed by atoms with E-state index in [9.17, 15) is 24.6 Å². The summed E-state index contributed by atoms with van der Waals surface area (Å²) in [6.07, 6.45) is 3.20. The van der Waals surface area contributed by atoms with Gasteiger partial charge in [0.2, 0.25) is 5.91 Å². The van der Waals surface area contributed by atoms with Crippen LogP contribution in [0.25, 0.3) is 0 Å². The molecule has 4 rings (SSSR count). The van der Waals surface area contributed by atoms with E-state index in [1.807, 2.05) is 19.1 Å². The van der Waals surface area contributed by atoms with Gasteiger partial charge in [-0.05, 0) is 37.8 Å². The number of fused-ring (bicyclic) bond motifs is 1. The van der Waals surface area contributed by atoms with Gasteiger partial charge in [0.25, 0.3) is 5.91 Å². The SMILES string of the molecule is C=CCN(C(=O)C1N(CCCO)C(=O)[C@@H]2[C@@H](C(=O)O)[C@H]3CCC12S3)c1c(C)cccc1Cl. The maximum absolute atomic E-state index is 14.2. The number of aliphatic carboxylic acids is 1. The van der Waals surface area contributed by atoms with Gasteiger partial charge < -0.3 is 20.0 Å². The van der Waals surface area contributed by atoms with Gasteiger partial charge in [-0.1, -0.05) is 29.8 Å². The van der Waals surface area contributed by atoms with Crippen LogP contribution < -0.4 is 4.90 Å². The minimum Gasteiger partial charge on any atom is -0.481 e. The molecule has 0 saturated carbocycles. The fourth-order valence-electron chi connectivity index (χ4n) is 5.73. The Morgan fingerprint density at radius 2 is 2.19 bits per heavy atom. The third kappa shape index (κ3) is 3.35. The lowest BCUT2D eigenvalue weighted by atomic mass is 9.71. The van der Waals surface area contributed by atoms with E-state index in [0.717, 1.165) is 5.56 Å². The topological polar surface area (TPSA) is 98.2 Å². The number of hydrogen-bond acceptors (Lipinski definition) is 5. The molecular formula is C23H27ClN2O5S. The molecule has 3 heterocycles. The number of halogens is 1. The van der Waals surface area contributed by atoms with Crippen molar-refractivity contribution in [3.05, 3.63) is 41.4 Å². The predicted octanol–water partition coefficient (Wildman–Crippen LogP) is 2.73.